The van der Waals surface area contributed by atoms with Crippen molar-refractivity contribution in [3.8, 4) is 0 Å². The molecule has 0 unspecified atom stereocenters. The van der Waals surface area contributed by atoms with Gasteiger partial charge in [-0.1, -0.05) is 0 Å². The van der Waals surface area contributed by atoms with E-state index >= 15 is 0 Å². The van der Waals surface area contributed by atoms with Gasteiger partial charge in [0.15, 0.2) is 4.67 Å². The lowest BCUT2D eigenvalue weighted by atomic mass is 10.3. The zero-order valence-corrected chi connectivity index (χ0v) is 14.0. The summed E-state index contributed by atoms with van der Waals surface area (Å²) in [5.41, 5.74) is 0. The molecular formula is C15H19BrN2O3. The van der Waals surface area contributed by atoms with Crippen LogP contribution < -0.4 is 0 Å². The van der Waals surface area contributed by atoms with E-state index in [1.54, 1.807) is 11.9 Å². The number of carbonyl (C=O) groups is 1. The number of halogens is 1. The topological polar surface area (TPSA) is 49.8 Å². The minimum atomic E-state index is 0.0391. The van der Waals surface area contributed by atoms with Gasteiger partial charge in [-0.2, -0.15) is 0 Å². The van der Waals surface area contributed by atoms with Crippen LogP contribution in [0.5, 0.6) is 0 Å². The monoisotopic (exact) mass is 354 g/mol. The van der Waals surface area contributed by atoms with Gasteiger partial charge in [0.2, 0.25) is 5.91 Å². The van der Waals surface area contributed by atoms with Crippen LogP contribution in [0.4, 0.5) is 0 Å². The molecule has 2 heterocycles. The predicted molar refractivity (Wildman–Crippen MR) is 82.7 cm³/mol. The average Bonchev–Trinajstić information content (AvgIpc) is 2.98. The van der Waals surface area contributed by atoms with E-state index < -0.39 is 0 Å². The number of amides is 1. The van der Waals surface area contributed by atoms with Gasteiger partial charge in [-0.15, -0.1) is 0 Å². The molecule has 0 fully saturated rings. The predicted octanol–water partition coefficient (Wildman–Crippen LogP) is 3.03. The highest BCUT2D eigenvalue weighted by atomic mass is 79.9. The van der Waals surface area contributed by atoms with Crippen LogP contribution in [0.15, 0.2) is 37.8 Å². The molecule has 0 N–H and O–H groups in total. The van der Waals surface area contributed by atoms with Crippen LogP contribution in [-0.4, -0.2) is 36.3 Å². The van der Waals surface area contributed by atoms with Crippen molar-refractivity contribution < 1.29 is 13.6 Å². The highest BCUT2D eigenvalue weighted by Gasteiger charge is 2.14. The fraction of sp³-hybridized carbons (Fsp3) is 0.400. The van der Waals surface area contributed by atoms with Crippen molar-refractivity contribution in [1.82, 2.24) is 9.80 Å². The number of hydrogen-bond donors (Lipinski definition) is 0. The molecule has 5 nitrogen and oxygen atoms in total. The summed E-state index contributed by atoms with van der Waals surface area (Å²) in [6.45, 7) is 3.28. The Morgan fingerprint density at radius 3 is 2.33 bits per heavy atom. The minimum Gasteiger partial charge on any atom is -0.464 e. The summed E-state index contributed by atoms with van der Waals surface area (Å²) in [6.07, 6.45) is 0. The fourth-order valence-corrected chi connectivity index (χ4v) is 2.34. The summed E-state index contributed by atoms with van der Waals surface area (Å²) >= 11 is 3.26. The molecule has 1 amide bonds. The summed E-state index contributed by atoms with van der Waals surface area (Å²) in [4.78, 5) is 15.7. The van der Waals surface area contributed by atoms with Crippen molar-refractivity contribution in [2.24, 2.45) is 0 Å². The van der Waals surface area contributed by atoms with Gasteiger partial charge in [0.1, 0.15) is 17.3 Å². The van der Waals surface area contributed by atoms with Gasteiger partial charge < -0.3 is 13.7 Å². The Labute approximate surface area is 132 Å². The number of aryl methyl sites for hydroxylation is 1. The van der Waals surface area contributed by atoms with E-state index in [4.69, 9.17) is 8.83 Å². The molecule has 0 saturated heterocycles. The van der Waals surface area contributed by atoms with Crippen LogP contribution in [-0.2, 0) is 17.9 Å². The standard InChI is InChI=1S/C15H19BrN2O3/c1-11-4-5-13(20-11)9-18(3)15(19)10-17(2)8-12-6-7-14(16)21-12/h4-7H,8-10H2,1-3H3. The molecule has 6 heteroatoms. The summed E-state index contributed by atoms with van der Waals surface area (Å²) in [7, 11) is 3.66. The molecule has 0 saturated carbocycles. The maximum absolute atomic E-state index is 12.2. The van der Waals surface area contributed by atoms with Gasteiger partial charge in [0, 0.05) is 7.05 Å². The maximum atomic E-state index is 12.2. The summed E-state index contributed by atoms with van der Waals surface area (Å²) in [5.74, 6) is 2.51. The second kappa shape index (κ2) is 6.95. The van der Waals surface area contributed by atoms with Gasteiger partial charge in [-0.25, -0.2) is 0 Å². The van der Waals surface area contributed by atoms with Crippen LogP contribution in [0, 0.1) is 6.92 Å². The number of furan rings is 2. The molecular weight excluding hydrogens is 336 g/mol. The molecule has 0 aliphatic rings. The second-order valence-electron chi connectivity index (χ2n) is 5.14. The van der Waals surface area contributed by atoms with Crippen molar-refractivity contribution in [2.45, 2.75) is 20.0 Å². The van der Waals surface area contributed by atoms with Crippen LogP contribution in [0.2, 0.25) is 0 Å². The molecule has 2 aromatic rings. The Hall–Kier alpha value is -1.53. The van der Waals surface area contributed by atoms with Crippen molar-refractivity contribution >= 4 is 21.8 Å². The van der Waals surface area contributed by atoms with Gasteiger partial charge in [-0.3, -0.25) is 9.69 Å². The van der Waals surface area contributed by atoms with Gasteiger partial charge in [0.05, 0.1) is 19.6 Å². The van der Waals surface area contributed by atoms with Gasteiger partial charge in [-0.05, 0) is 54.2 Å². The third-order valence-electron chi connectivity index (χ3n) is 3.07. The number of nitrogens with zero attached hydrogens (tertiary/aromatic N) is 2. The van der Waals surface area contributed by atoms with Crippen molar-refractivity contribution in [2.75, 3.05) is 20.6 Å². The lowest BCUT2D eigenvalue weighted by Crippen LogP contribution is -2.35. The highest BCUT2D eigenvalue weighted by molar-refractivity contribution is 9.10. The molecule has 0 atom stereocenters. The van der Waals surface area contributed by atoms with E-state index in [0.717, 1.165) is 17.3 Å². The molecule has 0 aliphatic heterocycles. The first-order chi connectivity index (χ1) is 9.94. The molecule has 114 valence electrons. The molecule has 0 spiro atoms. The quantitative estimate of drug-likeness (QED) is 0.799. The van der Waals surface area contributed by atoms with Gasteiger partial charge >= 0.3 is 0 Å². The largest absolute Gasteiger partial charge is 0.464 e. The van der Waals surface area contributed by atoms with Crippen molar-refractivity contribution in [1.29, 1.82) is 0 Å². The van der Waals surface area contributed by atoms with Crippen LogP contribution in [0.1, 0.15) is 17.3 Å². The molecule has 2 rings (SSSR count). The van der Waals surface area contributed by atoms with Crippen molar-refractivity contribution in [3.05, 3.63) is 46.2 Å². The zero-order chi connectivity index (χ0) is 15.4. The molecule has 2 aromatic heterocycles. The minimum absolute atomic E-state index is 0.0391. The molecule has 0 aliphatic carbocycles. The number of carbonyl (C=O) groups excluding carboxylic acids is 1. The first-order valence-corrected chi connectivity index (χ1v) is 7.45. The lowest BCUT2D eigenvalue weighted by molar-refractivity contribution is -0.131. The number of rotatable bonds is 6. The van der Waals surface area contributed by atoms with E-state index in [9.17, 15) is 4.79 Å². The Morgan fingerprint density at radius 2 is 1.76 bits per heavy atom. The third kappa shape index (κ3) is 4.75. The van der Waals surface area contributed by atoms with E-state index in [-0.39, 0.29) is 5.91 Å². The normalized spacial score (nSPS) is 11.1. The van der Waals surface area contributed by atoms with Crippen molar-refractivity contribution in [3.63, 3.8) is 0 Å². The van der Waals surface area contributed by atoms with Crippen LogP contribution >= 0.6 is 15.9 Å². The number of likely N-dealkylation sites (N-methyl/N-ethyl adjacent to an activating group) is 2. The lowest BCUT2D eigenvalue weighted by Gasteiger charge is -2.20. The smallest absolute Gasteiger partial charge is 0.236 e. The Balaban J connectivity index is 1.82. The van der Waals surface area contributed by atoms with E-state index in [0.29, 0.717) is 24.3 Å². The Bertz CT molecular complexity index is 606. The van der Waals surface area contributed by atoms with Crippen LogP contribution in [0.3, 0.4) is 0 Å². The molecule has 0 aromatic carbocycles. The van der Waals surface area contributed by atoms with Gasteiger partial charge in [0.25, 0.3) is 0 Å². The maximum Gasteiger partial charge on any atom is 0.236 e. The highest BCUT2D eigenvalue weighted by Crippen LogP contribution is 2.15. The zero-order valence-electron chi connectivity index (χ0n) is 12.4. The third-order valence-corrected chi connectivity index (χ3v) is 3.50. The number of hydrogen-bond acceptors (Lipinski definition) is 4. The van der Waals surface area contributed by atoms with E-state index in [2.05, 4.69) is 15.9 Å². The van der Waals surface area contributed by atoms with E-state index in [1.165, 1.54) is 0 Å². The molecule has 0 radical (unpaired) electrons. The molecule has 21 heavy (non-hydrogen) atoms. The van der Waals surface area contributed by atoms with Crippen LogP contribution in [0.25, 0.3) is 0 Å². The Morgan fingerprint density at radius 1 is 1.10 bits per heavy atom. The second-order valence-corrected chi connectivity index (χ2v) is 5.92. The van der Waals surface area contributed by atoms with E-state index in [1.807, 2.05) is 43.1 Å². The summed E-state index contributed by atoms with van der Waals surface area (Å²) < 4.78 is 11.6. The SMILES string of the molecule is Cc1ccc(CN(C)C(=O)CN(C)Cc2ccc(Br)o2)o1. The average molecular weight is 355 g/mol. The Kier molecular flexibility index (Phi) is 5.25. The first-order valence-electron chi connectivity index (χ1n) is 6.66. The molecule has 0 bridgehead atoms. The fourth-order valence-electron chi connectivity index (χ4n) is 2.00. The first kappa shape index (κ1) is 15.9. The summed E-state index contributed by atoms with van der Waals surface area (Å²) in [5, 5.41) is 0. The summed E-state index contributed by atoms with van der Waals surface area (Å²) in [6, 6.07) is 7.52.